The van der Waals surface area contributed by atoms with Crippen molar-refractivity contribution in [2.45, 2.75) is 96.5 Å². The number of rotatable bonds is 5. The average Bonchev–Trinajstić information content (AvgIpc) is 2.68. The van der Waals surface area contributed by atoms with Gasteiger partial charge in [-0.05, 0) is 49.9 Å². The molecule has 3 atom stereocenters. The van der Waals surface area contributed by atoms with Gasteiger partial charge in [0.1, 0.15) is 0 Å². The van der Waals surface area contributed by atoms with Gasteiger partial charge in [0.25, 0.3) is 0 Å². The minimum atomic E-state index is 0.0110. The molecule has 2 aliphatic carbocycles. The van der Waals surface area contributed by atoms with E-state index in [0.717, 1.165) is 18.3 Å². The van der Waals surface area contributed by atoms with Gasteiger partial charge in [-0.3, -0.25) is 0 Å². The van der Waals surface area contributed by atoms with E-state index in [9.17, 15) is 5.11 Å². The van der Waals surface area contributed by atoms with Crippen molar-refractivity contribution < 1.29 is 5.11 Å². The van der Waals surface area contributed by atoms with Gasteiger partial charge in [0.15, 0.2) is 0 Å². The molecule has 112 valence electrons. The van der Waals surface area contributed by atoms with E-state index >= 15 is 0 Å². The second-order valence-corrected chi connectivity index (χ2v) is 7.24. The molecule has 0 aliphatic heterocycles. The van der Waals surface area contributed by atoms with Crippen molar-refractivity contribution in [3.8, 4) is 0 Å². The third kappa shape index (κ3) is 5.10. The molecule has 1 nitrogen and oxygen atoms in total. The molecular formula is C18H34O. The van der Waals surface area contributed by atoms with Gasteiger partial charge in [-0.1, -0.05) is 58.3 Å². The van der Waals surface area contributed by atoms with Gasteiger partial charge in [0.05, 0.1) is 6.10 Å². The van der Waals surface area contributed by atoms with Gasteiger partial charge in [-0.15, -0.1) is 0 Å². The summed E-state index contributed by atoms with van der Waals surface area (Å²) in [7, 11) is 0. The third-order valence-electron chi connectivity index (χ3n) is 5.62. The van der Waals surface area contributed by atoms with Crippen molar-refractivity contribution in [2.75, 3.05) is 0 Å². The Morgan fingerprint density at radius 3 is 2.32 bits per heavy atom. The van der Waals surface area contributed by atoms with Gasteiger partial charge < -0.3 is 5.11 Å². The van der Waals surface area contributed by atoms with Gasteiger partial charge >= 0.3 is 0 Å². The molecule has 0 amide bonds. The fourth-order valence-corrected chi connectivity index (χ4v) is 4.41. The van der Waals surface area contributed by atoms with Crippen LogP contribution in [0.25, 0.3) is 0 Å². The van der Waals surface area contributed by atoms with E-state index in [0.29, 0.717) is 5.92 Å². The Hall–Kier alpha value is -0.0400. The highest BCUT2D eigenvalue weighted by atomic mass is 16.3. The monoisotopic (exact) mass is 266 g/mol. The third-order valence-corrected chi connectivity index (χ3v) is 5.62. The molecule has 2 rings (SSSR count). The molecule has 0 radical (unpaired) electrons. The van der Waals surface area contributed by atoms with Gasteiger partial charge in [-0.25, -0.2) is 0 Å². The van der Waals surface area contributed by atoms with Crippen molar-refractivity contribution in [3.63, 3.8) is 0 Å². The zero-order chi connectivity index (χ0) is 13.5. The lowest BCUT2D eigenvalue weighted by Gasteiger charge is -2.35. The van der Waals surface area contributed by atoms with Crippen molar-refractivity contribution in [2.24, 2.45) is 17.8 Å². The Kier molecular flexibility index (Phi) is 6.70. The largest absolute Gasteiger partial charge is 0.393 e. The SMILES string of the molecule is CCCCC1CC(CC2CCCCCC2)CCC1O. The van der Waals surface area contributed by atoms with Crippen LogP contribution in [0.3, 0.4) is 0 Å². The Morgan fingerprint density at radius 2 is 1.63 bits per heavy atom. The molecule has 1 heteroatoms. The molecule has 0 aromatic heterocycles. The van der Waals surface area contributed by atoms with Crippen LogP contribution in [0.15, 0.2) is 0 Å². The van der Waals surface area contributed by atoms with Crippen LogP contribution < -0.4 is 0 Å². The summed E-state index contributed by atoms with van der Waals surface area (Å²) in [6.45, 7) is 2.26. The van der Waals surface area contributed by atoms with Crippen molar-refractivity contribution in [1.82, 2.24) is 0 Å². The van der Waals surface area contributed by atoms with E-state index in [1.165, 1.54) is 77.0 Å². The molecule has 0 heterocycles. The van der Waals surface area contributed by atoms with E-state index in [1.807, 2.05) is 0 Å². The number of hydrogen-bond acceptors (Lipinski definition) is 1. The molecule has 2 aliphatic rings. The lowest BCUT2D eigenvalue weighted by atomic mass is 9.73. The minimum absolute atomic E-state index is 0.0110. The lowest BCUT2D eigenvalue weighted by molar-refractivity contribution is 0.0367. The van der Waals surface area contributed by atoms with E-state index in [4.69, 9.17) is 0 Å². The highest BCUT2D eigenvalue weighted by molar-refractivity contribution is 4.81. The molecule has 2 fully saturated rings. The summed E-state index contributed by atoms with van der Waals surface area (Å²) in [6, 6.07) is 0. The molecule has 19 heavy (non-hydrogen) atoms. The van der Waals surface area contributed by atoms with Crippen molar-refractivity contribution >= 4 is 0 Å². The maximum Gasteiger partial charge on any atom is 0.0568 e. The Bertz CT molecular complexity index is 230. The molecule has 2 saturated carbocycles. The van der Waals surface area contributed by atoms with Crippen LogP contribution in [0.5, 0.6) is 0 Å². The quantitative estimate of drug-likeness (QED) is 0.668. The Morgan fingerprint density at radius 1 is 0.895 bits per heavy atom. The topological polar surface area (TPSA) is 20.2 Å². The standard InChI is InChI=1S/C18H34O/c1-2-3-10-17-14-16(11-12-18(17)19)13-15-8-6-4-5-7-9-15/h15-19H,2-14H2,1H3. The van der Waals surface area contributed by atoms with Crippen molar-refractivity contribution in [3.05, 3.63) is 0 Å². The van der Waals surface area contributed by atoms with Crippen LogP contribution in [0.4, 0.5) is 0 Å². The average molecular weight is 266 g/mol. The molecule has 3 unspecified atom stereocenters. The molecule has 0 aromatic carbocycles. The molecule has 0 saturated heterocycles. The first kappa shape index (κ1) is 15.4. The highest BCUT2D eigenvalue weighted by Crippen LogP contribution is 2.38. The smallest absolute Gasteiger partial charge is 0.0568 e. The summed E-state index contributed by atoms with van der Waals surface area (Å²) in [5, 5.41) is 10.2. The maximum atomic E-state index is 10.2. The van der Waals surface area contributed by atoms with Crippen LogP contribution in [-0.4, -0.2) is 11.2 Å². The van der Waals surface area contributed by atoms with Crippen LogP contribution >= 0.6 is 0 Å². The highest BCUT2D eigenvalue weighted by Gasteiger charge is 2.30. The minimum Gasteiger partial charge on any atom is -0.393 e. The first-order chi connectivity index (χ1) is 9.29. The number of aliphatic hydroxyl groups is 1. The summed E-state index contributed by atoms with van der Waals surface area (Å²) < 4.78 is 0. The van der Waals surface area contributed by atoms with Gasteiger partial charge in [0.2, 0.25) is 0 Å². The Labute approximate surface area is 120 Å². The zero-order valence-corrected chi connectivity index (χ0v) is 12.9. The molecule has 1 N–H and O–H groups in total. The lowest BCUT2D eigenvalue weighted by Crippen LogP contribution is -2.30. The summed E-state index contributed by atoms with van der Waals surface area (Å²) in [6.07, 6.45) is 17.9. The zero-order valence-electron chi connectivity index (χ0n) is 12.9. The molecule has 0 aromatic rings. The molecular weight excluding hydrogens is 232 g/mol. The first-order valence-electron chi connectivity index (χ1n) is 8.97. The first-order valence-corrected chi connectivity index (χ1v) is 8.97. The predicted octanol–water partition coefficient (Wildman–Crippen LogP) is 5.31. The van der Waals surface area contributed by atoms with Crippen molar-refractivity contribution in [1.29, 1.82) is 0 Å². The molecule has 0 bridgehead atoms. The fourth-order valence-electron chi connectivity index (χ4n) is 4.41. The van der Waals surface area contributed by atoms with Crippen LogP contribution in [0.2, 0.25) is 0 Å². The number of unbranched alkanes of at least 4 members (excludes halogenated alkanes) is 1. The van der Waals surface area contributed by atoms with Crippen LogP contribution in [0.1, 0.15) is 90.4 Å². The number of aliphatic hydroxyl groups excluding tert-OH is 1. The second kappa shape index (κ2) is 8.29. The van der Waals surface area contributed by atoms with Gasteiger partial charge in [0, 0.05) is 0 Å². The normalized spacial score (nSPS) is 34.1. The Balaban J connectivity index is 1.76. The molecule has 0 spiro atoms. The maximum absolute atomic E-state index is 10.2. The van der Waals surface area contributed by atoms with E-state index in [2.05, 4.69) is 6.92 Å². The summed E-state index contributed by atoms with van der Waals surface area (Å²) >= 11 is 0. The summed E-state index contributed by atoms with van der Waals surface area (Å²) in [5.41, 5.74) is 0. The van der Waals surface area contributed by atoms with Crippen LogP contribution in [0, 0.1) is 17.8 Å². The van der Waals surface area contributed by atoms with Crippen LogP contribution in [-0.2, 0) is 0 Å². The summed E-state index contributed by atoms with van der Waals surface area (Å²) in [5.74, 6) is 2.55. The van der Waals surface area contributed by atoms with E-state index in [1.54, 1.807) is 0 Å². The second-order valence-electron chi connectivity index (χ2n) is 7.24. The fraction of sp³-hybridized carbons (Fsp3) is 1.00. The number of hydrogen-bond donors (Lipinski definition) is 1. The van der Waals surface area contributed by atoms with E-state index in [-0.39, 0.29) is 6.10 Å². The summed E-state index contributed by atoms with van der Waals surface area (Å²) in [4.78, 5) is 0. The van der Waals surface area contributed by atoms with Gasteiger partial charge in [-0.2, -0.15) is 0 Å². The van der Waals surface area contributed by atoms with E-state index < -0.39 is 0 Å². The predicted molar refractivity (Wildman–Crippen MR) is 82.2 cm³/mol.